The van der Waals surface area contributed by atoms with E-state index < -0.39 is 5.54 Å². The second-order valence-electron chi connectivity index (χ2n) is 7.68. The van der Waals surface area contributed by atoms with Crippen LogP contribution in [-0.2, 0) is 9.59 Å². The van der Waals surface area contributed by atoms with E-state index in [1.54, 1.807) is 0 Å². The lowest BCUT2D eigenvalue weighted by atomic mass is 9.80. The predicted octanol–water partition coefficient (Wildman–Crippen LogP) is 2.47. The molecule has 3 aliphatic rings. The number of nitrogens with one attached hydrogen (secondary N) is 1. The molecule has 0 unspecified atom stereocenters. The Hall–Kier alpha value is -1.06. The van der Waals surface area contributed by atoms with Crippen molar-refractivity contribution in [2.45, 2.75) is 70.8 Å². The van der Waals surface area contributed by atoms with Crippen LogP contribution >= 0.6 is 0 Å². The van der Waals surface area contributed by atoms with Crippen LogP contribution in [0.4, 0.5) is 0 Å². The molecule has 0 atom stereocenters. The summed E-state index contributed by atoms with van der Waals surface area (Å²) in [6.07, 6.45) is 7.84. The molecule has 3 rings (SSSR count). The van der Waals surface area contributed by atoms with Gasteiger partial charge in [0.1, 0.15) is 5.54 Å². The van der Waals surface area contributed by atoms with Gasteiger partial charge in [-0.1, -0.05) is 33.1 Å². The Bertz CT molecular complexity index is 434. The average Bonchev–Trinajstić information content (AvgIpc) is 3.25. The van der Waals surface area contributed by atoms with Crippen LogP contribution in [0.3, 0.4) is 0 Å². The van der Waals surface area contributed by atoms with Gasteiger partial charge in [-0.25, -0.2) is 0 Å². The van der Waals surface area contributed by atoms with Crippen molar-refractivity contribution < 1.29 is 9.59 Å². The Kier molecular flexibility index (Phi) is 3.74. The molecule has 0 aromatic rings. The molecule has 21 heavy (non-hydrogen) atoms. The highest BCUT2D eigenvalue weighted by molar-refractivity contribution is 5.93. The largest absolute Gasteiger partial charge is 0.342 e. The van der Waals surface area contributed by atoms with Crippen molar-refractivity contribution in [2.24, 2.45) is 11.3 Å². The first-order valence-corrected chi connectivity index (χ1v) is 8.58. The fourth-order valence-electron chi connectivity index (χ4n) is 4.13. The van der Waals surface area contributed by atoms with E-state index in [0.29, 0.717) is 24.3 Å². The minimum Gasteiger partial charge on any atom is -0.342 e. The summed E-state index contributed by atoms with van der Waals surface area (Å²) in [5.41, 5.74) is -0.266. The molecule has 2 aliphatic carbocycles. The van der Waals surface area contributed by atoms with Crippen LogP contribution in [0.25, 0.3) is 0 Å². The maximum absolute atomic E-state index is 13.1. The van der Waals surface area contributed by atoms with Gasteiger partial charge in [0.15, 0.2) is 0 Å². The molecular formula is C17H28N2O2. The quantitative estimate of drug-likeness (QED) is 0.868. The summed E-state index contributed by atoms with van der Waals surface area (Å²) < 4.78 is 0. The number of amides is 2. The minimum atomic E-state index is -0.584. The number of hydrogen-bond acceptors (Lipinski definition) is 2. The lowest BCUT2D eigenvalue weighted by molar-refractivity contribution is -0.141. The van der Waals surface area contributed by atoms with Gasteiger partial charge in [0.25, 0.3) is 0 Å². The molecule has 1 saturated heterocycles. The van der Waals surface area contributed by atoms with Crippen LogP contribution in [0.15, 0.2) is 0 Å². The van der Waals surface area contributed by atoms with Crippen LogP contribution < -0.4 is 5.32 Å². The van der Waals surface area contributed by atoms with Crippen molar-refractivity contribution >= 4 is 11.8 Å². The lowest BCUT2D eigenvalue weighted by Gasteiger charge is -2.39. The first kappa shape index (κ1) is 14.9. The van der Waals surface area contributed by atoms with Gasteiger partial charge in [0, 0.05) is 19.5 Å². The van der Waals surface area contributed by atoms with Gasteiger partial charge >= 0.3 is 0 Å². The molecule has 0 bridgehead atoms. The number of hydrogen-bond donors (Lipinski definition) is 1. The lowest BCUT2D eigenvalue weighted by Crippen LogP contribution is -2.58. The summed E-state index contributed by atoms with van der Waals surface area (Å²) in [7, 11) is 0. The van der Waals surface area contributed by atoms with E-state index in [2.05, 4.69) is 19.2 Å². The molecule has 3 fully saturated rings. The highest BCUT2D eigenvalue weighted by atomic mass is 16.2. The predicted molar refractivity (Wildman–Crippen MR) is 81.7 cm³/mol. The van der Waals surface area contributed by atoms with Crippen LogP contribution in [0.5, 0.6) is 0 Å². The number of carbonyl (C=O) groups is 2. The van der Waals surface area contributed by atoms with Gasteiger partial charge < -0.3 is 10.2 Å². The molecule has 2 amide bonds. The maximum atomic E-state index is 13.1. The van der Waals surface area contributed by atoms with E-state index in [0.717, 1.165) is 32.2 Å². The van der Waals surface area contributed by atoms with E-state index in [1.807, 2.05) is 4.90 Å². The van der Waals surface area contributed by atoms with E-state index >= 15 is 0 Å². The normalized spacial score (nSPS) is 27.7. The summed E-state index contributed by atoms with van der Waals surface area (Å²) in [5, 5.41) is 3.08. The van der Waals surface area contributed by atoms with Gasteiger partial charge in [-0.3, -0.25) is 9.59 Å². The number of carbonyl (C=O) groups excluding carboxylic acids is 2. The molecule has 4 nitrogen and oxygen atoms in total. The van der Waals surface area contributed by atoms with E-state index in [1.165, 1.54) is 19.3 Å². The van der Waals surface area contributed by atoms with Crippen LogP contribution in [0.1, 0.15) is 65.2 Å². The SMILES string of the molecule is CC(C)C1(CN2CCC(=O)NC3(CCCCC3)C2=O)CC1. The summed E-state index contributed by atoms with van der Waals surface area (Å²) in [5.74, 6) is 0.863. The fourth-order valence-corrected chi connectivity index (χ4v) is 4.13. The van der Waals surface area contributed by atoms with Crippen LogP contribution in [-0.4, -0.2) is 35.3 Å². The topological polar surface area (TPSA) is 49.4 Å². The molecule has 4 heteroatoms. The zero-order valence-corrected chi connectivity index (χ0v) is 13.4. The van der Waals surface area contributed by atoms with Gasteiger partial charge in [-0.15, -0.1) is 0 Å². The second-order valence-corrected chi connectivity index (χ2v) is 7.68. The van der Waals surface area contributed by atoms with Gasteiger partial charge in [0.2, 0.25) is 11.8 Å². The van der Waals surface area contributed by atoms with Crippen LogP contribution in [0.2, 0.25) is 0 Å². The number of rotatable bonds is 3. The van der Waals surface area contributed by atoms with Crippen molar-refractivity contribution in [3.8, 4) is 0 Å². The van der Waals surface area contributed by atoms with Gasteiger partial charge in [0.05, 0.1) is 0 Å². The van der Waals surface area contributed by atoms with E-state index in [-0.39, 0.29) is 11.8 Å². The summed E-state index contributed by atoms with van der Waals surface area (Å²) in [4.78, 5) is 27.2. The highest BCUT2D eigenvalue weighted by Gasteiger charge is 2.51. The summed E-state index contributed by atoms with van der Waals surface area (Å²) in [6, 6.07) is 0. The first-order valence-electron chi connectivity index (χ1n) is 8.58. The zero-order valence-electron chi connectivity index (χ0n) is 13.4. The second kappa shape index (κ2) is 5.29. The van der Waals surface area contributed by atoms with Crippen molar-refractivity contribution in [3.63, 3.8) is 0 Å². The molecule has 1 N–H and O–H groups in total. The maximum Gasteiger partial charge on any atom is 0.248 e. The van der Waals surface area contributed by atoms with Crippen molar-refractivity contribution in [1.82, 2.24) is 10.2 Å². The Balaban J connectivity index is 1.80. The Morgan fingerprint density at radius 3 is 2.33 bits per heavy atom. The Morgan fingerprint density at radius 1 is 1.10 bits per heavy atom. The number of nitrogens with zero attached hydrogens (tertiary/aromatic N) is 1. The molecule has 0 aromatic carbocycles. The average molecular weight is 292 g/mol. The Labute approximate surface area is 127 Å². The van der Waals surface area contributed by atoms with E-state index in [4.69, 9.17) is 0 Å². The molecule has 1 heterocycles. The molecule has 0 aromatic heterocycles. The first-order chi connectivity index (χ1) is 9.97. The fraction of sp³-hybridized carbons (Fsp3) is 0.882. The highest BCUT2D eigenvalue weighted by Crippen LogP contribution is 2.52. The monoisotopic (exact) mass is 292 g/mol. The van der Waals surface area contributed by atoms with E-state index in [9.17, 15) is 9.59 Å². The Morgan fingerprint density at radius 2 is 1.76 bits per heavy atom. The third kappa shape index (κ3) is 2.69. The van der Waals surface area contributed by atoms with Crippen molar-refractivity contribution in [3.05, 3.63) is 0 Å². The molecule has 2 saturated carbocycles. The van der Waals surface area contributed by atoms with Crippen molar-refractivity contribution in [1.29, 1.82) is 0 Å². The minimum absolute atomic E-state index is 0.0575. The standard InChI is InChI=1S/C17H28N2O2/c1-13(2)16(9-10-16)12-19-11-6-14(20)18-17(15(19)21)7-4-3-5-8-17/h13H,3-12H2,1-2H3,(H,18,20). The third-order valence-corrected chi connectivity index (χ3v) is 6.01. The van der Waals surface area contributed by atoms with Crippen LogP contribution in [0, 0.1) is 11.3 Å². The van der Waals surface area contributed by atoms with Crippen molar-refractivity contribution in [2.75, 3.05) is 13.1 Å². The van der Waals surface area contributed by atoms with Gasteiger partial charge in [-0.2, -0.15) is 0 Å². The summed E-state index contributed by atoms with van der Waals surface area (Å²) in [6.45, 7) is 5.96. The third-order valence-electron chi connectivity index (χ3n) is 6.01. The molecule has 0 radical (unpaired) electrons. The smallest absolute Gasteiger partial charge is 0.248 e. The zero-order chi connectivity index (χ0) is 15.1. The molecular weight excluding hydrogens is 264 g/mol. The molecule has 1 aliphatic heterocycles. The molecule has 1 spiro atoms. The van der Waals surface area contributed by atoms with Gasteiger partial charge in [-0.05, 0) is 37.0 Å². The summed E-state index contributed by atoms with van der Waals surface area (Å²) >= 11 is 0. The molecule has 118 valence electrons.